The lowest BCUT2D eigenvalue weighted by atomic mass is 9.93. The number of benzene rings is 3. The SMILES string of the molecule is Nc1[nH]c(C(=O)c2ccccc2)c(-c2ccc(Br)cc2)c1C(=O)c1ccc(Br)cc1. The highest BCUT2D eigenvalue weighted by atomic mass is 79.9. The predicted octanol–water partition coefficient (Wildman–Crippen LogP) is 6.25. The molecule has 1 aromatic heterocycles. The number of hydrogen-bond donors (Lipinski definition) is 2. The fourth-order valence-corrected chi connectivity index (χ4v) is 3.84. The molecule has 0 atom stereocenters. The van der Waals surface area contributed by atoms with E-state index in [1.807, 2.05) is 30.3 Å². The quantitative estimate of drug-likeness (QED) is 0.303. The van der Waals surface area contributed by atoms with Crippen LogP contribution < -0.4 is 5.73 Å². The van der Waals surface area contributed by atoms with Crippen molar-refractivity contribution in [3.05, 3.63) is 110 Å². The molecule has 4 nitrogen and oxygen atoms in total. The van der Waals surface area contributed by atoms with Gasteiger partial charge in [0, 0.05) is 25.6 Å². The second-order valence-corrected chi connectivity index (χ2v) is 8.53. The molecule has 148 valence electrons. The Bertz CT molecular complexity index is 1230. The maximum Gasteiger partial charge on any atom is 0.209 e. The molecule has 6 heteroatoms. The summed E-state index contributed by atoms with van der Waals surface area (Å²) in [5.74, 6) is -0.309. The number of anilines is 1. The van der Waals surface area contributed by atoms with Crippen molar-refractivity contribution in [2.45, 2.75) is 0 Å². The van der Waals surface area contributed by atoms with Gasteiger partial charge in [-0.2, -0.15) is 0 Å². The summed E-state index contributed by atoms with van der Waals surface area (Å²) in [5, 5.41) is 0. The van der Waals surface area contributed by atoms with E-state index >= 15 is 0 Å². The molecule has 0 saturated carbocycles. The monoisotopic (exact) mass is 522 g/mol. The van der Waals surface area contributed by atoms with Crippen molar-refractivity contribution in [2.24, 2.45) is 0 Å². The highest BCUT2D eigenvalue weighted by molar-refractivity contribution is 9.10. The van der Waals surface area contributed by atoms with Gasteiger partial charge in [-0.1, -0.05) is 74.3 Å². The van der Waals surface area contributed by atoms with Gasteiger partial charge in [-0.25, -0.2) is 0 Å². The first kappa shape index (κ1) is 20.3. The number of nitrogens with one attached hydrogen (secondary N) is 1. The minimum Gasteiger partial charge on any atom is -0.385 e. The third-order valence-corrected chi connectivity index (χ3v) is 5.82. The normalized spacial score (nSPS) is 10.7. The number of ketones is 2. The minimum atomic E-state index is -0.249. The molecular weight excluding hydrogens is 508 g/mol. The molecule has 0 unspecified atom stereocenters. The Hall–Kier alpha value is -2.96. The van der Waals surface area contributed by atoms with Gasteiger partial charge in [0.1, 0.15) is 5.82 Å². The van der Waals surface area contributed by atoms with Gasteiger partial charge in [-0.3, -0.25) is 9.59 Å². The molecule has 4 rings (SSSR count). The van der Waals surface area contributed by atoms with E-state index in [1.165, 1.54) is 0 Å². The first-order chi connectivity index (χ1) is 14.5. The summed E-state index contributed by atoms with van der Waals surface area (Å²) >= 11 is 6.81. The Labute approximate surface area is 190 Å². The number of carbonyl (C=O) groups is 2. The van der Waals surface area contributed by atoms with Crippen molar-refractivity contribution in [2.75, 3.05) is 5.73 Å². The Kier molecular flexibility index (Phi) is 5.70. The number of H-pyrrole nitrogens is 1. The number of nitrogens with two attached hydrogens (primary N) is 1. The summed E-state index contributed by atoms with van der Waals surface area (Å²) < 4.78 is 1.76. The van der Waals surface area contributed by atoms with Crippen molar-refractivity contribution in [3.63, 3.8) is 0 Å². The van der Waals surface area contributed by atoms with Crippen LogP contribution in [0.2, 0.25) is 0 Å². The molecule has 0 fully saturated rings. The van der Waals surface area contributed by atoms with Crippen molar-refractivity contribution >= 4 is 49.2 Å². The molecule has 0 aliphatic carbocycles. The zero-order chi connectivity index (χ0) is 21.3. The third-order valence-electron chi connectivity index (χ3n) is 4.76. The molecule has 4 aromatic rings. The lowest BCUT2D eigenvalue weighted by Gasteiger charge is -2.08. The number of rotatable bonds is 5. The number of halogens is 2. The molecule has 0 radical (unpaired) electrons. The second-order valence-electron chi connectivity index (χ2n) is 6.70. The number of aromatic amines is 1. The number of carbonyl (C=O) groups excluding carboxylic acids is 2. The molecule has 0 bridgehead atoms. The Morgan fingerprint density at radius 3 is 1.83 bits per heavy atom. The average Bonchev–Trinajstić information content (AvgIpc) is 3.11. The predicted molar refractivity (Wildman–Crippen MR) is 126 cm³/mol. The van der Waals surface area contributed by atoms with Gasteiger partial charge in [0.05, 0.1) is 11.3 Å². The summed E-state index contributed by atoms with van der Waals surface area (Å²) in [7, 11) is 0. The van der Waals surface area contributed by atoms with E-state index in [-0.39, 0.29) is 17.4 Å². The molecular formula is C24H16Br2N2O2. The smallest absolute Gasteiger partial charge is 0.209 e. The summed E-state index contributed by atoms with van der Waals surface area (Å²) in [4.78, 5) is 29.6. The van der Waals surface area contributed by atoms with Gasteiger partial charge in [0.25, 0.3) is 0 Å². The molecule has 0 amide bonds. The van der Waals surface area contributed by atoms with Crippen LogP contribution in [0.3, 0.4) is 0 Å². The zero-order valence-corrected chi connectivity index (χ0v) is 18.8. The average molecular weight is 524 g/mol. The van der Waals surface area contributed by atoms with E-state index < -0.39 is 0 Å². The van der Waals surface area contributed by atoms with Gasteiger partial charge >= 0.3 is 0 Å². The zero-order valence-electron chi connectivity index (χ0n) is 15.7. The van der Waals surface area contributed by atoms with Crippen LogP contribution in [0.15, 0.2) is 87.8 Å². The fourth-order valence-electron chi connectivity index (χ4n) is 3.31. The second kappa shape index (κ2) is 8.42. The van der Waals surface area contributed by atoms with Gasteiger partial charge < -0.3 is 10.7 Å². The molecule has 0 spiro atoms. The first-order valence-electron chi connectivity index (χ1n) is 9.13. The molecule has 0 aliphatic rings. The Morgan fingerprint density at radius 2 is 1.23 bits per heavy atom. The molecule has 30 heavy (non-hydrogen) atoms. The number of nitrogen functional groups attached to an aromatic ring is 1. The molecule has 1 heterocycles. The molecule has 0 saturated heterocycles. The van der Waals surface area contributed by atoms with Crippen LogP contribution in [0, 0.1) is 0 Å². The number of aromatic nitrogens is 1. The standard InChI is InChI=1S/C24H16Br2N2O2/c25-17-10-6-14(7-11-17)19-20(22(29)16-8-12-18(26)13-9-16)24(27)28-21(19)23(30)15-4-2-1-3-5-15/h1-13,28H,27H2. The van der Waals surface area contributed by atoms with E-state index in [1.54, 1.807) is 48.5 Å². The lowest BCUT2D eigenvalue weighted by molar-refractivity contribution is 0.103. The maximum atomic E-state index is 13.4. The van der Waals surface area contributed by atoms with Crippen molar-refractivity contribution in [1.82, 2.24) is 4.98 Å². The van der Waals surface area contributed by atoms with Crippen LogP contribution in [-0.2, 0) is 0 Å². The van der Waals surface area contributed by atoms with Crippen molar-refractivity contribution in [3.8, 4) is 11.1 Å². The van der Waals surface area contributed by atoms with Crippen LogP contribution in [0.4, 0.5) is 5.82 Å². The van der Waals surface area contributed by atoms with Gasteiger partial charge in [-0.05, 0) is 42.0 Å². The fraction of sp³-hybridized carbons (Fsp3) is 0. The summed E-state index contributed by atoms with van der Waals surface area (Å²) in [6, 6.07) is 23.4. The van der Waals surface area contributed by atoms with Crippen LogP contribution in [0.25, 0.3) is 11.1 Å². The van der Waals surface area contributed by atoms with Crippen LogP contribution in [-0.4, -0.2) is 16.6 Å². The van der Waals surface area contributed by atoms with Crippen LogP contribution in [0.1, 0.15) is 32.0 Å². The third kappa shape index (κ3) is 3.88. The van der Waals surface area contributed by atoms with Crippen LogP contribution in [0.5, 0.6) is 0 Å². The van der Waals surface area contributed by atoms with Crippen LogP contribution >= 0.6 is 31.9 Å². The van der Waals surface area contributed by atoms with E-state index in [2.05, 4.69) is 36.8 Å². The maximum absolute atomic E-state index is 13.4. The largest absolute Gasteiger partial charge is 0.385 e. The Morgan fingerprint density at radius 1 is 0.700 bits per heavy atom. The van der Waals surface area contributed by atoms with Crippen molar-refractivity contribution < 1.29 is 9.59 Å². The highest BCUT2D eigenvalue weighted by Crippen LogP contribution is 2.35. The first-order valence-corrected chi connectivity index (χ1v) is 10.7. The summed E-state index contributed by atoms with van der Waals surface area (Å²) in [6.45, 7) is 0. The van der Waals surface area contributed by atoms with E-state index in [4.69, 9.17) is 5.73 Å². The molecule has 3 aromatic carbocycles. The van der Waals surface area contributed by atoms with Gasteiger partial charge in [0.2, 0.25) is 5.78 Å². The number of hydrogen-bond acceptors (Lipinski definition) is 3. The highest BCUT2D eigenvalue weighted by Gasteiger charge is 2.27. The van der Waals surface area contributed by atoms with E-state index in [0.717, 1.165) is 14.5 Å². The van der Waals surface area contributed by atoms with Gasteiger partial charge in [-0.15, -0.1) is 0 Å². The van der Waals surface area contributed by atoms with Crippen molar-refractivity contribution in [1.29, 1.82) is 0 Å². The van der Waals surface area contributed by atoms with E-state index in [0.29, 0.717) is 27.9 Å². The summed E-state index contributed by atoms with van der Waals surface area (Å²) in [6.07, 6.45) is 0. The lowest BCUT2D eigenvalue weighted by Crippen LogP contribution is -2.06. The molecule has 0 aliphatic heterocycles. The van der Waals surface area contributed by atoms with Gasteiger partial charge in [0.15, 0.2) is 5.78 Å². The summed E-state index contributed by atoms with van der Waals surface area (Å²) in [5.41, 5.74) is 9.06. The molecule has 3 N–H and O–H groups in total. The minimum absolute atomic E-state index is 0.167. The van der Waals surface area contributed by atoms with E-state index in [9.17, 15) is 9.59 Å². The topological polar surface area (TPSA) is 76.0 Å². The Balaban J connectivity index is 1.93.